The molecule has 0 saturated carbocycles. The summed E-state index contributed by atoms with van der Waals surface area (Å²) in [5, 5.41) is 12.1. The molecule has 114 valence electrons. The quantitative estimate of drug-likeness (QED) is 0.892. The maximum atomic E-state index is 12.1. The van der Waals surface area contributed by atoms with Gasteiger partial charge in [0.15, 0.2) is 0 Å². The van der Waals surface area contributed by atoms with Gasteiger partial charge in [-0.3, -0.25) is 4.79 Å². The number of likely N-dealkylation sites (tertiary alicyclic amines) is 1. The molecule has 21 heavy (non-hydrogen) atoms. The highest BCUT2D eigenvalue weighted by Crippen LogP contribution is 2.22. The minimum absolute atomic E-state index is 0.109. The molecule has 2 amide bonds. The Kier molecular flexibility index (Phi) is 4.83. The SMILES string of the molecule is CC1CN(C(=O)NCC(C(=O)O)c2ccccc2)CC1C. The van der Waals surface area contributed by atoms with Gasteiger partial charge < -0.3 is 15.3 Å². The highest BCUT2D eigenvalue weighted by Gasteiger charge is 2.30. The van der Waals surface area contributed by atoms with Crippen molar-refractivity contribution in [3.8, 4) is 0 Å². The van der Waals surface area contributed by atoms with Gasteiger partial charge in [0, 0.05) is 19.6 Å². The zero-order valence-corrected chi connectivity index (χ0v) is 12.5. The fraction of sp³-hybridized carbons (Fsp3) is 0.500. The summed E-state index contributed by atoms with van der Waals surface area (Å²) < 4.78 is 0. The molecule has 0 aromatic heterocycles. The zero-order chi connectivity index (χ0) is 15.4. The van der Waals surface area contributed by atoms with Crippen molar-refractivity contribution in [3.63, 3.8) is 0 Å². The van der Waals surface area contributed by atoms with Gasteiger partial charge in [-0.2, -0.15) is 0 Å². The van der Waals surface area contributed by atoms with Crippen LogP contribution in [0, 0.1) is 11.8 Å². The Morgan fingerprint density at radius 1 is 1.24 bits per heavy atom. The summed E-state index contributed by atoms with van der Waals surface area (Å²) in [5.74, 6) is -0.669. The van der Waals surface area contributed by atoms with Gasteiger partial charge in [0.25, 0.3) is 0 Å². The molecule has 1 heterocycles. The van der Waals surface area contributed by atoms with Crippen molar-refractivity contribution in [2.75, 3.05) is 19.6 Å². The third-order valence-electron chi connectivity index (χ3n) is 4.23. The molecule has 1 fully saturated rings. The van der Waals surface area contributed by atoms with E-state index in [2.05, 4.69) is 19.2 Å². The Balaban J connectivity index is 1.94. The topological polar surface area (TPSA) is 69.6 Å². The number of carbonyl (C=O) groups excluding carboxylic acids is 1. The predicted octanol–water partition coefficient (Wildman–Crippen LogP) is 2.15. The smallest absolute Gasteiger partial charge is 0.317 e. The number of benzene rings is 1. The molecule has 3 unspecified atom stereocenters. The summed E-state index contributed by atoms with van der Waals surface area (Å²) in [5.41, 5.74) is 0.702. The highest BCUT2D eigenvalue weighted by atomic mass is 16.4. The summed E-state index contributed by atoms with van der Waals surface area (Å²) in [6.45, 7) is 5.83. The van der Waals surface area contributed by atoms with E-state index in [1.165, 1.54) is 0 Å². The average molecular weight is 290 g/mol. The van der Waals surface area contributed by atoms with Crippen LogP contribution < -0.4 is 5.32 Å². The summed E-state index contributed by atoms with van der Waals surface area (Å²) in [6, 6.07) is 8.81. The second-order valence-corrected chi connectivity index (χ2v) is 5.85. The minimum atomic E-state index is -0.926. The summed E-state index contributed by atoms with van der Waals surface area (Å²) in [4.78, 5) is 25.3. The first-order valence-corrected chi connectivity index (χ1v) is 7.29. The van der Waals surface area contributed by atoms with Crippen LogP contribution in [0.1, 0.15) is 25.3 Å². The first-order chi connectivity index (χ1) is 9.99. The van der Waals surface area contributed by atoms with Crippen LogP contribution in [0.3, 0.4) is 0 Å². The number of hydrogen-bond acceptors (Lipinski definition) is 2. The molecule has 1 saturated heterocycles. The number of hydrogen-bond donors (Lipinski definition) is 2. The lowest BCUT2D eigenvalue weighted by atomic mass is 9.99. The first-order valence-electron chi connectivity index (χ1n) is 7.29. The molecule has 2 N–H and O–H groups in total. The van der Waals surface area contributed by atoms with Crippen LogP contribution in [-0.4, -0.2) is 41.6 Å². The lowest BCUT2D eigenvalue weighted by molar-refractivity contribution is -0.138. The number of carbonyl (C=O) groups is 2. The van der Waals surface area contributed by atoms with E-state index < -0.39 is 11.9 Å². The fourth-order valence-corrected chi connectivity index (χ4v) is 2.63. The van der Waals surface area contributed by atoms with Crippen molar-refractivity contribution in [2.24, 2.45) is 11.8 Å². The van der Waals surface area contributed by atoms with Crippen LogP contribution in [0.2, 0.25) is 0 Å². The lowest BCUT2D eigenvalue weighted by Gasteiger charge is -2.19. The van der Waals surface area contributed by atoms with E-state index in [1.54, 1.807) is 29.2 Å². The van der Waals surface area contributed by atoms with Crippen LogP contribution in [-0.2, 0) is 4.79 Å². The van der Waals surface area contributed by atoms with E-state index in [0.29, 0.717) is 17.4 Å². The number of carboxylic acid groups (broad SMARTS) is 1. The van der Waals surface area contributed by atoms with E-state index in [1.807, 2.05) is 6.07 Å². The molecule has 5 nitrogen and oxygen atoms in total. The van der Waals surface area contributed by atoms with Crippen molar-refractivity contribution >= 4 is 12.0 Å². The Morgan fingerprint density at radius 3 is 2.33 bits per heavy atom. The molecule has 1 aromatic rings. The summed E-state index contributed by atoms with van der Waals surface area (Å²) in [6.07, 6.45) is 0. The van der Waals surface area contributed by atoms with Crippen molar-refractivity contribution in [2.45, 2.75) is 19.8 Å². The number of nitrogens with zero attached hydrogens (tertiary/aromatic N) is 1. The van der Waals surface area contributed by atoms with Gasteiger partial charge in [-0.15, -0.1) is 0 Å². The molecule has 0 aliphatic carbocycles. The van der Waals surface area contributed by atoms with Crippen LogP contribution >= 0.6 is 0 Å². The van der Waals surface area contributed by atoms with E-state index in [-0.39, 0.29) is 12.6 Å². The Morgan fingerprint density at radius 2 is 1.81 bits per heavy atom. The lowest BCUT2D eigenvalue weighted by Crippen LogP contribution is -2.41. The molecule has 5 heteroatoms. The fourth-order valence-electron chi connectivity index (χ4n) is 2.63. The number of carboxylic acids is 1. The molecule has 1 aromatic carbocycles. The third-order valence-corrected chi connectivity index (χ3v) is 4.23. The van der Waals surface area contributed by atoms with Gasteiger partial charge in [-0.25, -0.2) is 4.79 Å². The number of aliphatic carboxylic acids is 1. The number of nitrogens with one attached hydrogen (secondary N) is 1. The zero-order valence-electron chi connectivity index (χ0n) is 12.5. The normalized spacial score (nSPS) is 22.9. The van der Waals surface area contributed by atoms with Gasteiger partial charge >= 0.3 is 12.0 Å². The standard InChI is InChI=1S/C16H22N2O3/c1-11-9-18(10-12(11)2)16(21)17-8-14(15(19)20)13-6-4-3-5-7-13/h3-7,11-12,14H,8-10H2,1-2H3,(H,17,21)(H,19,20). The van der Waals surface area contributed by atoms with Crippen molar-refractivity contribution in [1.82, 2.24) is 10.2 Å². The largest absolute Gasteiger partial charge is 0.481 e. The maximum Gasteiger partial charge on any atom is 0.317 e. The third kappa shape index (κ3) is 3.74. The first kappa shape index (κ1) is 15.4. The second kappa shape index (κ2) is 6.61. The van der Waals surface area contributed by atoms with E-state index in [9.17, 15) is 14.7 Å². The molecule has 0 spiro atoms. The molecular weight excluding hydrogens is 268 g/mol. The molecule has 0 bridgehead atoms. The van der Waals surface area contributed by atoms with Crippen LogP contribution in [0.5, 0.6) is 0 Å². The predicted molar refractivity (Wildman–Crippen MR) is 80.1 cm³/mol. The van der Waals surface area contributed by atoms with E-state index in [4.69, 9.17) is 0 Å². The van der Waals surface area contributed by atoms with Gasteiger partial charge in [0.05, 0.1) is 5.92 Å². The van der Waals surface area contributed by atoms with Crippen LogP contribution in [0.25, 0.3) is 0 Å². The molecule has 1 aliphatic rings. The van der Waals surface area contributed by atoms with Crippen molar-refractivity contribution < 1.29 is 14.7 Å². The van der Waals surface area contributed by atoms with Crippen LogP contribution in [0.4, 0.5) is 4.79 Å². The van der Waals surface area contributed by atoms with Crippen molar-refractivity contribution in [3.05, 3.63) is 35.9 Å². The van der Waals surface area contributed by atoms with E-state index in [0.717, 1.165) is 13.1 Å². The van der Waals surface area contributed by atoms with Gasteiger partial charge in [0.1, 0.15) is 0 Å². The minimum Gasteiger partial charge on any atom is -0.481 e. The molecule has 0 radical (unpaired) electrons. The second-order valence-electron chi connectivity index (χ2n) is 5.85. The van der Waals surface area contributed by atoms with Gasteiger partial charge in [0.2, 0.25) is 0 Å². The summed E-state index contributed by atoms with van der Waals surface area (Å²) in [7, 11) is 0. The number of rotatable bonds is 4. The van der Waals surface area contributed by atoms with Crippen molar-refractivity contribution in [1.29, 1.82) is 0 Å². The van der Waals surface area contributed by atoms with Gasteiger partial charge in [-0.05, 0) is 17.4 Å². The molecule has 1 aliphatic heterocycles. The monoisotopic (exact) mass is 290 g/mol. The average Bonchev–Trinajstić information content (AvgIpc) is 2.79. The molecule has 3 atom stereocenters. The van der Waals surface area contributed by atoms with E-state index >= 15 is 0 Å². The Hall–Kier alpha value is -2.04. The molecular formula is C16H22N2O3. The number of amides is 2. The Bertz CT molecular complexity index is 494. The van der Waals surface area contributed by atoms with Crippen LogP contribution in [0.15, 0.2) is 30.3 Å². The maximum absolute atomic E-state index is 12.1. The molecule has 2 rings (SSSR count). The highest BCUT2D eigenvalue weighted by molar-refractivity contribution is 5.79. The number of urea groups is 1. The van der Waals surface area contributed by atoms with Gasteiger partial charge in [-0.1, -0.05) is 44.2 Å². The summed E-state index contributed by atoms with van der Waals surface area (Å²) >= 11 is 0. The Labute approximate surface area is 125 Å².